The first-order chi connectivity index (χ1) is 13.1. The zero-order valence-electron chi connectivity index (χ0n) is 16.5. The molecule has 6 heteroatoms. The molecular formula is C21H29N3O3. The first-order valence-corrected chi connectivity index (χ1v) is 9.10. The molecule has 0 aliphatic heterocycles. The molecule has 0 fully saturated rings. The van der Waals surface area contributed by atoms with Gasteiger partial charge in [-0.1, -0.05) is 37.3 Å². The largest absolute Gasteiger partial charge is 0.502 e. The number of aliphatic imine (C=N–C) groups is 1. The Kier molecular flexibility index (Phi) is 7.79. The Bertz CT molecular complexity index is 723. The van der Waals surface area contributed by atoms with Gasteiger partial charge in [0.15, 0.2) is 17.5 Å². The Morgan fingerprint density at radius 3 is 2.26 bits per heavy atom. The number of ether oxygens (including phenoxy) is 2. The molecule has 0 saturated heterocycles. The molecule has 0 aromatic heterocycles. The molecule has 1 unspecified atom stereocenters. The summed E-state index contributed by atoms with van der Waals surface area (Å²) >= 11 is 0. The van der Waals surface area contributed by atoms with Gasteiger partial charge in [-0.3, -0.25) is 0 Å². The predicted octanol–water partition coefficient (Wildman–Crippen LogP) is 3.27. The van der Waals surface area contributed by atoms with E-state index in [9.17, 15) is 5.11 Å². The van der Waals surface area contributed by atoms with E-state index in [1.165, 1.54) is 19.8 Å². The van der Waals surface area contributed by atoms with Gasteiger partial charge in [-0.15, -0.1) is 0 Å². The Morgan fingerprint density at radius 2 is 1.70 bits per heavy atom. The van der Waals surface area contributed by atoms with E-state index in [1.54, 1.807) is 12.1 Å². The summed E-state index contributed by atoms with van der Waals surface area (Å²) in [6.07, 6.45) is 0. The van der Waals surface area contributed by atoms with E-state index in [-0.39, 0.29) is 5.75 Å². The molecule has 0 amide bonds. The standard InChI is InChI=1S/C21H29N3O3/c1-5-22-21(23-13-15(2)17-9-7-6-8-10-17)24-14-16-11-18(26-3)20(25)19(12-16)27-4/h6-12,15,25H,5,13-14H2,1-4H3,(H2,22,23,24). The highest BCUT2D eigenvalue weighted by atomic mass is 16.5. The molecule has 0 spiro atoms. The number of hydrogen-bond acceptors (Lipinski definition) is 4. The van der Waals surface area contributed by atoms with Crippen LogP contribution < -0.4 is 20.1 Å². The third-order valence-electron chi connectivity index (χ3n) is 4.25. The fourth-order valence-corrected chi connectivity index (χ4v) is 2.70. The molecule has 0 saturated carbocycles. The molecule has 3 N–H and O–H groups in total. The number of phenolic OH excluding ortho intramolecular Hbond substituents is 1. The molecular weight excluding hydrogens is 342 g/mol. The fourth-order valence-electron chi connectivity index (χ4n) is 2.70. The van der Waals surface area contributed by atoms with Gasteiger partial charge in [-0.05, 0) is 36.1 Å². The van der Waals surface area contributed by atoms with Crippen LogP contribution in [0.3, 0.4) is 0 Å². The van der Waals surface area contributed by atoms with Crippen molar-refractivity contribution in [1.29, 1.82) is 0 Å². The second-order valence-corrected chi connectivity index (χ2v) is 6.24. The topological polar surface area (TPSA) is 75.1 Å². The molecule has 0 bridgehead atoms. The lowest BCUT2D eigenvalue weighted by Crippen LogP contribution is -2.39. The van der Waals surface area contributed by atoms with Crippen molar-refractivity contribution >= 4 is 5.96 Å². The molecule has 2 aromatic rings. The minimum Gasteiger partial charge on any atom is -0.502 e. The van der Waals surface area contributed by atoms with Crippen LogP contribution in [0.2, 0.25) is 0 Å². The monoisotopic (exact) mass is 371 g/mol. The number of nitrogens with zero attached hydrogens (tertiary/aromatic N) is 1. The summed E-state index contributed by atoms with van der Waals surface area (Å²) in [5.41, 5.74) is 2.17. The third kappa shape index (κ3) is 5.81. The lowest BCUT2D eigenvalue weighted by atomic mass is 10.0. The summed E-state index contributed by atoms with van der Waals surface area (Å²) in [7, 11) is 3.02. The van der Waals surface area contributed by atoms with Gasteiger partial charge in [0.2, 0.25) is 5.75 Å². The van der Waals surface area contributed by atoms with Crippen molar-refractivity contribution in [3.63, 3.8) is 0 Å². The zero-order chi connectivity index (χ0) is 19.6. The van der Waals surface area contributed by atoms with Gasteiger partial charge in [0.25, 0.3) is 0 Å². The van der Waals surface area contributed by atoms with Crippen LogP contribution in [-0.4, -0.2) is 38.4 Å². The first kappa shape index (κ1) is 20.4. The van der Waals surface area contributed by atoms with Gasteiger partial charge >= 0.3 is 0 Å². The molecule has 2 aromatic carbocycles. The van der Waals surface area contributed by atoms with Gasteiger partial charge in [0.05, 0.1) is 20.8 Å². The van der Waals surface area contributed by atoms with Crippen molar-refractivity contribution in [3.05, 3.63) is 53.6 Å². The van der Waals surface area contributed by atoms with E-state index in [2.05, 4.69) is 46.8 Å². The Balaban J connectivity index is 2.06. The van der Waals surface area contributed by atoms with Crippen LogP contribution in [0.4, 0.5) is 0 Å². The zero-order valence-corrected chi connectivity index (χ0v) is 16.5. The normalized spacial score (nSPS) is 12.4. The van der Waals surface area contributed by atoms with Crippen LogP contribution in [0.1, 0.15) is 30.9 Å². The highest BCUT2D eigenvalue weighted by Gasteiger charge is 2.11. The molecule has 27 heavy (non-hydrogen) atoms. The fraction of sp³-hybridized carbons (Fsp3) is 0.381. The Morgan fingerprint density at radius 1 is 1.07 bits per heavy atom. The molecule has 6 nitrogen and oxygen atoms in total. The molecule has 2 rings (SSSR count). The molecule has 0 aliphatic carbocycles. The molecule has 0 aliphatic rings. The van der Waals surface area contributed by atoms with E-state index in [0.717, 1.165) is 24.6 Å². The SMILES string of the molecule is CCNC(=NCc1cc(OC)c(O)c(OC)c1)NCC(C)c1ccccc1. The predicted molar refractivity (Wildman–Crippen MR) is 109 cm³/mol. The van der Waals surface area contributed by atoms with E-state index < -0.39 is 0 Å². The second kappa shape index (κ2) is 10.3. The smallest absolute Gasteiger partial charge is 0.200 e. The van der Waals surface area contributed by atoms with E-state index >= 15 is 0 Å². The van der Waals surface area contributed by atoms with Crippen molar-refractivity contribution in [1.82, 2.24) is 10.6 Å². The number of rotatable bonds is 8. The molecule has 146 valence electrons. The van der Waals surface area contributed by atoms with Crippen LogP contribution in [0.25, 0.3) is 0 Å². The summed E-state index contributed by atoms with van der Waals surface area (Å²) in [5, 5.41) is 16.7. The van der Waals surface area contributed by atoms with Crippen LogP contribution >= 0.6 is 0 Å². The maximum atomic E-state index is 10.0. The molecule has 0 heterocycles. The molecule has 1 atom stereocenters. The number of hydrogen-bond donors (Lipinski definition) is 3. The number of methoxy groups -OCH3 is 2. The van der Waals surface area contributed by atoms with Crippen molar-refractivity contribution < 1.29 is 14.6 Å². The highest BCUT2D eigenvalue weighted by molar-refractivity contribution is 5.79. The number of phenols is 1. The van der Waals surface area contributed by atoms with Gasteiger partial charge < -0.3 is 25.2 Å². The van der Waals surface area contributed by atoms with Crippen molar-refractivity contribution in [3.8, 4) is 17.2 Å². The highest BCUT2D eigenvalue weighted by Crippen LogP contribution is 2.37. The van der Waals surface area contributed by atoms with Gasteiger partial charge in [-0.25, -0.2) is 4.99 Å². The van der Waals surface area contributed by atoms with Crippen molar-refractivity contribution in [2.45, 2.75) is 26.3 Å². The third-order valence-corrected chi connectivity index (χ3v) is 4.25. The van der Waals surface area contributed by atoms with E-state index in [4.69, 9.17) is 9.47 Å². The lowest BCUT2D eigenvalue weighted by Gasteiger charge is -2.16. The van der Waals surface area contributed by atoms with Crippen LogP contribution in [0.15, 0.2) is 47.5 Å². The molecule has 0 radical (unpaired) electrons. The minimum absolute atomic E-state index is 0.00514. The van der Waals surface area contributed by atoms with Crippen LogP contribution in [0.5, 0.6) is 17.2 Å². The first-order valence-electron chi connectivity index (χ1n) is 9.10. The summed E-state index contributed by atoms with van der Waals surface area (Å²) in [4.78, 5) is 4.63. The van der Waals surface area contributed by atoms with E-state index in [0.29, 0.717) is 24.0 Å². The average Bonchev–Trinajstić information content (AvgIpc) is 2.71. The Labute approximate surface area is 161 Å². The lowest BCUT2D eigenvalue weighted by molar-refractivity contribution is 0.339. The maximum absolute atomic E-state index is 10.0. The number of aromatic hydroxyl groups is 1. The summed E-state index contributed by atoms with van der Waals surface area (Å²) in [6.45, 7) is 6.19. The van der Waals surface area contributed by atoms with Gasteiger partial charge in [-0.2, -0.15) is 0 Å². The quantitative estimate of drug-likeness (QED) is 0.491. The van der Waals surface area contributed by atoms with Gasteiger partial charge in [0, 0.05) is 13.1 Å². The van der Waals surface area contributed by atoms with E-state index in [1.807, 2.05) is 13.0 Å². The number of benzene rings is 2. The number of nitrogens with one attached hydrogen (secondary N) is 2. The van der Waals surface area contributed by atoms with Gasteiger partial charge in [0.1, 0.15) is 0 Å². The summed E-state index contributed by atoms with van der Waals surface area (Å²) in [5.74, 6) is 1.84. The summed E-state index contributed by atoms with van der Waals surface area (Å²) in [6, 6.07) is 13.9. The number of guanidine groups is 1. The van der Waals surface area contributed by atoms with Crippen molar-refractivity contribution in [2.75, 3.05) is 27.3 Å². The summed E-state index contributed by atoms with van der Waals surface area (Å²) < 4.78 is 10.4. The Hall–Kier alpha value is -2.89. The van der Waals surface area contributed by atoms with Crippen LogP contribution in [-0.2, 0) is 6.54 Å². The average molecular weight is 371 g/mol. The minimum atomic E-state index is -0.00514. The maximum Gasteiger partial charge on any atom is 0.200 e. The second-order valence-electron chi connectivity index (χ2n) is 6.24. The van der Waals surface area contributed by atoms with Crippen molar-refractivity contribution in [2.24, 2.45) is 4.99 Å². The van der Waals surface area contributed by atoms with Crippen LogP contribution in [0, 0.1) is 0 Å².